The van der Waals surface area contributed by atoms with Gasteiger partial charge in [-0.05, 0) is 42.5 Å². The summed E-state index contributed by atoms with van der Waals surface area (Å²) in [4.78, 5) is 33.8. The van der Waals surface area contributed by atoms with Gasteiger partial charge in [0.25, 0.3) is 5.56 Å². The van der Waals surface area contributed by atoms with Gasteiger partial charge in [-0.2, -0.15) is 0 Å². The monoisotopic (exact) mass is 411 g/mol. The summed E-state index contributed by atoms with van der Waals surface area (Å²) in [5.74, 6) is 0.0782. The van der Waals surface area contributed by atoms with Gasteiger partial charge in [0.15, 0.2) is 5.16 Å². The molecule has 3 heterocycles. The Kier molecular flexibility index (Phi) is 5.37. The topological polar surface area (TPSA) is 55.2 Å². The summed E-state index contributed by atoms with van der Waals surface area (Å²) < 4.78 is 1.59. The Morgan fingerprint density at radius 2 is 2.21 bits per heavy atom. The molecule has 1 amide bonds. The lowest BCUT2D eigenvalue weighted by atomic mass is 10.1. The summed E-state index contributed by atoms with van der Waals surface area (Å²) in [5.41, 5.74) is 1.79. The van der Waals surface area contributed by atoms with E-state index < -0.39 is 0 Å². The summed E-state index contributed by atoms with van der Waals surface area (Å²) in [5, 5.41) is 2.89. The first kappa shape index (κ1) is 19.0. The molecule has 0 radical (unpaired) electrons. The largest absolute Gasteiger partial charge is 0.337 e. The molecule has 28 heavy (non-hydrogen) atoms. The third kappa shape index (κ3) is 3.52. The van der Waals surface area contributed by atoms with Crippen molar-refractivity contribution in [3.8, 4) is 0 Å². The molecule has 4 rings (SSSR count). The molecule has 7 heteroatoms. The van der Waals surface area contributed by atoms with E-state index >= 15 is 0 Å². The lowest BCUT2D eigenvalue weighted by Crippen LogP contribution is -2.40. The van der Waals surface area contributed by atoms with Crippen LogP contribution in [-0.2, 0) is 24.3 Å². The van der Waals surface area contributed by atoms with Gasteiger partial charge in [0.05, 0.1) is 16.2 Å². The number of allylic oxidation sites excluding steroid dienone is 1. The van der Waals surface area contributed by atoms with Crippen LogP contribution in [0.2, 0.25) is 0 Å². The Balaban J connectivity index is 1.60. The van der Waals surface area contributed by atoms with Gasteiger partial charge in [0, 0.05) is 24.5 Å². The van der Waals surface area contributed by atoms with E-state index in [0.29, 0.717) is 29.1 Å². The molecule has 0 aliphatic carbocycles. The fourth-order valence-corrected chi connectivity index (χ4v) is 5.32. The number of rotatable bonds is 5. The quantitative estimate of drug-likeness (QED) is 0.365. The molecule has 0 saturated heterocycles. The standard InChI is InChI=1S/C21H21N3O2S2/c1-3-10-24-20(26)16-6-4-5-7-17(16)22-21(24)28-14(2)19(25)23-11-8-18-15(13-23)9-12-27-18/h3-7,9,12,14H,1,8,10-11,13H2,2H3. The number of thioether (sulfide) groups is 1. The number of hydrogen-bond acceptors (Lipinski definition) is 5. The maximum absolute atomic E-state index is 13.0. The minimum Gasteiger partial charge on any atom is -0.337 e. The Morgan fingerprint density at radius 1 is 1.39 bits per heavy atom. The number of carbonyl (C=O) groups is 1. The average Bonchev–Trinajstić information content (AvgIpc) is 3.18. The summed E-state index contributed by atoms with van der Waals surface area (Å²) in [7, 11) is 0. The second kappa shape index (κ2) is 7.93. The molecule has 1 aliphatic rings. The van der Waals surface area contributed by atoms with Gasteiger partial charge in [-0.15, -0.1) is 17.9 Å². The van der Waals surface area contributed by atoms with Crippen LogP contribution in [0.3, 0.4) is 0 Å². The van der Waals surface area contributed by atoms with Crippen LogP contribution in [-0.4, -0.2) is 32.2 Å². The van der Waals surface area contributed by atoms with E-state index in [9.17, 15) is 9.59 Å². The zero-order chi connectivity index (χ0) is 19.7. The van der Waals surface area contributed by atoms with Crippen molar-refractivity contribution in [1.29, 1.82) is 0 Å². The predicted molar refractivity (Wildman–Crippen MR) is 115 cm³/mol. The molecule has 3 aromatic rings. The number of hydrogen-bond donors (Lipinski definition) is 0. The maximum atomic E-state index is 13.0. The van der Waals surface area contributed by atoms with Gasteiger partial charge in [-0.3, -0.25) is 14.2 Å². The zero-order valence-electron chi connectivity index (χ0n) is 15.6. The first-order valence-corrected chi connectivity index (χ1v) is 11.0. The van der Waals surface area contributed by atoms with E-state index in [4.69, 9.17) is 0 Å². The number of thiophene rings is 1. The van der Waals surface area contributed by atoms with Crippen molar-refractivity contribution in [1.82, 2.24) is 14.5 Å². The van der Waals surface area contributed by atoms with Crippen LogP contribution in [0.15, 0.2) is 58.3 Å². The first-order chi connectivity index (χ1) is 13.6. The number of amides is 1. The van der Waals surface area contributed by atoms with Crippen LogP contribution in [0, 0.1) is 0 Å². The molecule has 1 atom stereocenters. The van der Waals surface area contributed by atoms with Crippen LogP contribution >= 0.6 is 23.1 Å². The Labute approximate surface area is 171 Å². The highest BCUT2D eigenvalue weighted by Gasteiger charge is 2.27. The molecule has 1 unspecified atom stereocenters. The molecular formula is C21H21N3O2S2. The maximum Gasteiger partial charge on any atom is 0.262 e. The fraction of sp³-hybridized carbons (Fsp3) is 0.286. The average molecular weight is 412 g/mol. The fourth-order valence-electron chi connectivity index (χ4n) is 3.43. The summed E-state index contributed by atoms with van der Waals surface area (Å²) >= 11 is 3.10. The molecule has 144 valence electrons. The molecule has 2 aromatic heterocycles. The van der Waals surface area contributed by atoms with Crippen LogP contribution in [0.1, 0.15) is 17.4 Å². The van der Waals surface area contributed by atoms with Gasteiger partial charge in [-0.25, -0.2) is 4.98 Å². The molecule has 1 aliphatic heterocycles. The number of carbonyl (C=O) groups excluding carboxylic acids is 1. The van der Waals surface area contributed by atoms with Gasteiger partial charge in [0.1, 0.15) is 0 Å². The molecule has 0 spiro atoms. The first-order valence-electron chi connectivity index (χ1n) is 9.19. The predicted octanol–water partition coefficient (Wildman–Crippen LogP) is 3.71. The molecule has 0 fully saturated rings. The van der Waals surface area contributed by atoms with Crippen molar-refractivity contribution in [2.75, 3.05) is 6.54 Å². The van der Waals surface area contributed by atoms with Gasteiger partial charge in [0.2, 0.25) is 5.91 Å². The SMILES string of the molecule is C=CCn1c(SC(C)C(=O)N2CCc3sccc3C2)nc2ccccc2c1=O. The molecular weight excluding hydrogens is 390 g/mol. The Bertz CT molecular complexity index is 1100. The lowest BCUT2D eigenvalue weighted by molar-refractivity contribution is -0.131. The summed E-state index contributed by atoms with van der Waals surface area (Å²) in [6.07, 6.45) is 2.59. The number of aromatic nitrogens is 2. The van der Waals surface area contributed by atoms with Crippen molar-refractivity contribution in [3.05, 3.63) is 69.2 Å². The minimum atomic E-state index is -0.329. The molecule has 1 aromatic carbocycles. The highest BCUT2D eigenvalue weighted by atomic mass is 32.2. The summed E-state index contributed by atoms with van der Waals surface area (Å²) in [6.45, 7) is 7.40. The van der Waals surface area contributed by atoms with E-state index in [1.54, 1.807) is 28.0 Å². The van der Waals surface area contributed by atoms with Crippen molar-refractivity contribution in [2.45, 2.75) is 36.8 Å². The van der Waals surface area contributed by atoms with E-state index in [2.05, 4.69) is 23.0 Å². The van der Waals surface area contributed by atoms with E-state index in [0.717, 1.165) is 13.0 Å². The van der Waals surface area contributed by atoms with Crippen LogP contribution in [0.25, 0.3) is 10.9 Å². The molecule has 0 bridgehead atoms. The number of fused-ring (bicyclic) bond motifs is 2. The normalized spacial score (nSPS) is 14.7. The van der Waals surface area contributed by atoms with Crippen LogP contribution in [0.5, 0.6) is 0 Å². The van der Waals surface area contributed by atoms with Crippen molar-refractivity contribution in [3.63, 3.8) is 0 Å². The van der Waals surface area contributed by atoms with E-state index in [-0.39, 0.29) is 16.7 Å². The van der Waals surface area contributed by atoms with Crippen molar-refractivity contribution >= 4 is 39.9 Å². The minimum absolute atomic E-state index is 0.0782. The van der Waals surface area contributed by atoms with Crippen LogP contribution < -0.4 is 5.56 Å². The second-order valence-electron chi connectivity index (χ2n) is 6.75. The van der Waals surface area contributed by atoms with Crippen molar-refractivity contribution < 1.29 is 4.79 Å². The van der Waals surface area contributed by atoms with E-state index in [1.807, 2.05) is 30.0 Å². The zero-order valence-corrected chi connectivity index (χ0v) is 17.3. The van der Waals surface area contributed by atoms with Gasteiger partial charge >= 0.3 is 0 Å². The van der Waals surface area contributed by atoms with E-state index in [1.165, 1.54) is 22.2 Å². The summed E-state index contributed by atoms with van der Waals surface area (Å²) in [6, 6.07) is 9.40. The highest BCUT2D eigenvalue weighted by Crippen LogP contribution is 2.28. The number of para-hydroxylation sites is 1. The van der Waals surface area contributed by atoms with Crippen LogP contribution in [0.4, 0.5) is 0 Å². The third-order valence-electron chi connectivity index (χ3n) is 4.89. The second-order valence-corrected chi connectivity index (χ2v) is 9.06. The van der Waals surface area contributed by atoms with Crippen molar-refractivity contribution in [2.24, 2.45) is 0 Å². The highest BCUT2D eigenvalue weighted by molar-refractivity contribution is 8.00. The van der Waals surface area contributed by atoms with Gasteiger partial charge in [-0.1, -0.05) is 30.0 Å². The molecule has 0 N–H and O–H groups in total. The Hall–Kier alpha value is -2.38. The number of nitrogens with zero attached hydrogens (tertiary/aromatic N) is 3. The Morgan fingerprint density at radius 3 is 3.04 bits per heavy atom. The van der Waals surface area contributed by atoms with Gasteiger partial charge < -0.3 is 4.90 Å². The third-order valence-corrected chi connectivity index (χ3v) is 6.99. The molecule has 0 saturated carbocycles. The molecule has 5 nitrogen and oxygen atoms in total. The lowest BCUT2D eigenvalue weighted by Gasteiger charge is -2.29. The smallest absolute Gasteiger partial charge is 0.262 e. The number of benzene rings is 1.